The summed E-state index contributed by atoms with van der Waals surface area (Å²) in [6.45, 7) is 4.54. The summed E-state index contributed by atoms with van der Waals surface area (Å²) in [5.41, 5.74) is 0.366. The highest BCUT2D eigenvalue weighted by Gasteiger charge is 2.36. The van der Waals surface area contributed by atoms with Gasteiger partial charge in [-0.25, -0.2) is 12.8 Å². The Hall–Kier alpha value is -0.980. The smallest absolute Gasteiger partial charge is 0.243 e. The Balaban J connectivity index is 1.86. The fourth-order valence-corrected chi connectivity index (χ4v) is 4.66. The van der Waals surface area contributed by atoms with Gasteiger partial charge >= 0.3 is 0 Å². The third-order valence-corrected chi connectivity index (χ3v) is 6.18. The molecule has 2 heterocycles. The Morgan fingerprint density at radius 3 is 2.80 bits per heavy atom. The number of piperazine rings is 1. The number of hydrogen-bond acceptors (Lipinski definition) is 3. The standard InChI is InChI=1S/C14H19FN2O2S/c1-11-9-13(4-5-14(11)15)20(18,19)17-8-7-16-6-2-3-12(16)10-17/h4-5,9,12H,2-3,6-8,10H2,1H3/t12-/m0/s1. The fourth-order valence-electron chi connectivity index (χ4n) is 3.11. The van der Waals surface area contributed by atoms with Crippen LogP contribution in [0.5, 0.6) is 0 Å². The monoisotopic (exact) mass is 298 g/mol. The normalized spacial score (nSPS) is 24.8. The van der Waals surface area contributed by atoms with Crippen LogP contribution in [0.3, 0.4) is 0 Å². The van der Waals surface area contributed by atoms with Gasteiger partial charge in [-0.1, -0.05) is 0 Å². The average Bonchev–Trinajstić information content (AvgIpc) is 2.89. The molecule has 0 amide bonds. The van der Waals surface area contributed by atoms with Gasteiger partial charge in [-0.15, -0.1) is 0 Å². The topological polar surface area (TPSA) is 40.6 Å². The van der Waals surface area contributed by atoms with Crippen LogP contribution in [0, 0.1) is 12.7 Å². The van der Waals surface area contributed by atoms with Gasteiger partial charge in [-0.05, 0) is 50.1 Å². The molecule has 4 nitrogen and oxygen atoms in total. The number of nitrogens with zero attached hydrogens (tertiary/aromatic N) is 2. The van der Waals surface area contributed by atoms with E-state index in [1.165, 1.54) is 18.2 Å². The molecule has 2 aliphatic heterocycles. The minimum Gasteiger partial charge on any atom is -0.298 e. The molecule has 0 saturated carbocycles. The van der Waals surface area contributed by atoms with Gasteiger partial charge in [0.15, 0.2) is 0 Å². The number of fused-ring (bicyclic) bond motifs is 1. The molecule has 0 N–H and O–H groups in total. The molecule has 2 aliphatic rings. The Morgan fingerprint density at radius 1 is 1.25 bits per heavy atom. The molecule has 1 aromatic carbocycles. The van der Waals surface area contributed by atoms with Gasteiger partial charge in [0.1, 0.15) is 5.82 Å². The lowest BCUT2D eigenvalue weighted by molar-refractivity contribution is 0.158. The molecule has 0 radical (unpaired) electrons. The minimum atomic E-state index is -3.50. The molecule has 110 valence electrons. The summed E-state index contributed by atoms with van der Waals surface area (Å²) in [4.78, 5) is 2.56. The van der Waals surface area contributed by atoms with Crippen molar-refractivity contribution in [2.45, 2.75) is 30.7 Å². The van der Waals surface area contributed by atoms with Crippen molar-refractivity contribution in [2.75, 3.05) is 26.2 Å². The molecular weight excluding hydrogens is 279 g/mol. The van der Waals surface area contributed by atoms with Crippen LogP contribution in [-0.4, -0.2) is 49.8 Å². The van der Waals surface area contributed by atoms with Gasteiger partial charge in [-0.2, -0.15) is 4.31 Å². The summed E-state index contributed by atoms with van der Waals surface area (Å²) >= 11 is 0. The molecule has 0 aliphatic carbocycles. The first-order valence-electron chi connectivity index (χ1n) is 6.99. The lowest BCUT2D eigenvalue weighted by Gasteiger charge is -2.36. The first kappa shape index (κ1) is 14.0. The van der Waals surface area contributed by atoms with Crippen molar-refractivity contribution in [3.8, 4) is 0 Å². The van der Waals surface area contributed by atoms with Crippen LogP contribution in [-0.2, 0) is 10.0 Å². The van der Waals surface area contributed by atoms with E-state index in [0.29, 0.717) is 24.7 Å². The van der Waals surface area contributed by atoms with Crippen LogP contribution in [0.25, 0.3) is 0 Å². The zero-order valence-corrected chi connectivity index (χ0v) is 12.4. The quantitative estimate of drug-likeness (QED) is 0.833. The van der Waals surface area contributed by atoms with Crippen molar-refractivity contribution in [2.24, 2.45) is 0 Å². The van der Waals surface area contributed by atoms with Gasteiger partial charge < -0.3 is 0 Å². The molecule has 2 saturated heterocycles. The van der Waals surface area contributed by atoms with E-state index in [0.717, 1.165) is 25.9 Å². The van der Waals surface area contributed by atoms with Gasteiger partial charge in [0.25, 0.3) is 0 Å². The molecule has 20 heavy (non-hydrogen) atoms. The SMILES string of the molecule is Cc1cc(S(=O)(=O)N2CCN3CCC[C@H]3C2)ccc1F. The molecule has 0 aromatic heterocycles. The summed E-state index contributed by atoms with van der Waals surface area (Å²) in [7, 11) is -3.50. The molecule has 0 bridgehead atoms. The first-order chi connectivity index (χ1) is 9.48. The predicted octanol–water partition coefficient (Wildman–Crippen LogP) is 1.60. The number of rotatable bonds is 2. The summed E-state index contributed by atoms with van der Waals surface area (Å²) < 4.78 is 40.1. The van der Waals surface area contributed by atoms with E-state index in [4.69, 9.17) is 0 Å². The lowest BCUT2D eigenvalue weighted by Crippen LogP contribution is -2.51. The van der Waals surface area contributed by atoms with Crippen LogP contribution in [0.4, 0.5) is 4.39 Å². The zero-order chi connectivity index (χ0) is 14.3. The summed E-state index contributed by atoms with van der Waals surface area (Å²) in [6.07, 6.45) is 2.21. The van der Waals surface area contributed by atoms with Crippen molar-refractivity contribution in [3.63, 3.8) is 0 Å². The van der Waals surface area contributed by atoms with E-state index in [1.54, 1.807) is 11.2 Å². The van der Waals surface area contributed by atoms with Gasteiger partial charge in [0.2, 0.25) is 10.0 Å². The second-order valence-corrected chi connectivity index (χ2v) is 7.54. The molecule has 2 fully saturated rings. The van der Waals surface area contributed by atoms with Crippen molar-refractivity contribution >= 4 is 10.0 Å². The van der Waals surface area contributed by atoms with Crippen LogP contribution in [0.15, 0.2) is 23.1 Å². The Bertz CT molecular complexity index is 618. The lowest BCUT2D eigenvalue weighted by atomic mass is 10.2. The zero-order valence-electron chi connectivity index (χ0n) is 11.5. The largest absolute Gasteiger partial charge is 0.298 e. The van der Waals surface area contributed by atoms with Crippen LogP contribution < -0.4 is 0 Å². The molecule has 0 spiro atoms. The van der Waals surface area contributed by atoms with E-state index in [-0.39, 0.29) is 10.7 Å². The van der Waals surface area contributed by atoms with E-state index < -0.39 is 10.0 Å². The molecule has 1 atom stereocenters. The van der Waals surface area contributed by atoms with E-state index >= 15 is 0 Å². The Morgan fingerprint density at radius 2 is 2.05 bits per heavy atom. The van der Waals surface area contributed by atoms with Crippen LogP contribution >= 0.6 is 0 Å². The maximum absolute atomic E-state index is 13.3. The highest BCUT2D eigenvalue weighted by molar-refractivity contribution is 7.89. The number of halogens is 1. The number of hydrogen-bond donors (Lipinski definition) is 0. The second-order valence-electron chi connectivity index (χ2n) is 5.61. The molecule has 0 unspecified atom stereocenters. The van der Waals surface area contributed by atoms with E-state index in [1.807, 2.05) is 0 Å². The summed E-state index contributed by atoms with van der Waals surface area (Å²) in [5.74, 6) is -0.371. The average molecular weight is 298 g/mol. The van der Waals surface area contributed by atoms with E-state index in [9.17, 15) is 12.8 Å². The Kier molecular flexibility index (Phi) is 3.56. The molecule has 1 aromatic rings. The maximum Gasteiger partial charge on any atom is 0.243 e. The van der Waals surface area contributed by atoms with Crippen molar-refractivity contribution in [3.05, 3.63) is 29.6 Å². The fraction of sp³-hybridized carbons (Fsp3) is 0.571. The predicted molar refractivity (Wildman–Crippen MR) is 74.5 cm³/mol. The van der Waals surface area contributed by atoms with E-state index in [2.05, 4.69) is 4.90 Å². The summed E-state index contributed by atoms with van der Waals surface area (Å²) in [6, 6.07) is 4.36. The molecule has 6 heteroatoms. The van der Waals surface area contributed by atoms with Crippen LogP contribution in [0.1, 0.15) is 18.4 Å². The number of aryl methyl sites for hydroxylation is 1. The van der Waals surface area contributed by atoms with Gasteiger partial charge in [-0.3, -0.25) is 4.90 Å². The highest BCUT2D eigenvalue weighted by Crippen LogP contribution is 2.26. The molecule has 3 rings (SSSR count). The third kappa shape index (κ3) is 2.36. The van der Waals surface area contributed by atoms with Crippen molar-refractivity contribution < 1.29 is 12.8 Å². The third-order valence-electron chi connectivity index (χ3n) is 4.32. The number of sulfonamides is 1. The molecular formula is C14H19FN2O2S. The number of benzene rings is 1. The van der Waals surface area contributed by atoms with Crippen molar-refractivity contribution in [1.29, 1.82) is 0 Å². The summed E-state index contributed by atoms with van der Waals surface area (Å²) in [5, 5.41) is 0. The van der Waals surface area contributed by atoms with Crippen LogP contribution in [0.2, 0.25) is 0 Å². The van der Waals surface area contributed by atoms with Crippen molar-refractivity contribution in [1.82, 2.24) is 9.21 Å². The second kappa shape index (κ2) is 5.09. The minimum absolute atomic E-state index is 0.197. The van der Waals surface area contributed by atoms with Gasteiger partial charge in [0, 0.05) is 25.7 Å². The highest BCUT2D eigenvalue weighted by atomic mass is 32.2. The Labute approximate surface area is 119 Å². The van der Waals surface area contributed by atoms with Gasteiger partial charge in [0.05, 0.1) is 4.90 Å². The maximum atomic E-state index is 13.3. The first-order valence-corrected chi connectivity index (χ1v) is 8.43.